The van der Waals surface area contributed by atoms with Crippen LogP contribution in [0.4, 0.5) is 4.39 Å². The van der Waals surface area contributed by atoms with Crippen LogP contribution < -0.4 is 4.74 Å². The number of benzene rings is 2. The summed E-state index contributed by atoms with van der Waals surface area (Å²) in [6.07, 6.45) is 0. The summed E-state index contributed by atoms with van der Waals surface area (Å²) in [6, 6.07) is 8.91. The highest BCUT2D eigenvalue weighted by Gasteiger charge is 2.17. The molecule has 21 heavy (non-hydrogen) atoms. The van der Waals surface area contributed by atoms with Crippen LogP contribution >= 0.6 is 23.4 Å². The first-order valence-electron chi connectivity index (χ1n) is 6.15. The fraction of sp³-hybridized carbons (Fsp3) is 0.133. The number of carbonyl (C=O) groups is 1. The standard InChI is InChI=1S/C15H12ClFO3S/c1-2-21-13-5-3-4-12(14(13)15(18)19)20-9-6-7-10(16)11(17)8-9/h3-8H,2H2,1H3,(H,18,19). The third kappa shape index (κ3) is 3.68. The Morgan fingerprint density at radius 2 is 2.14 bits per heavy atom. The van der Waals surface area contributed by atoms with Crippen LogP contribution in [-0.4, -0.2) is 16.8 Å². The first-order valence-corrected chi connectivity index (χ1v) is 7.51. The molecule has 0 aromatic heterocycles. The molecule has 0 atom stereocenters. The molecule has 0 saturated heterocycles. The fourth-order valence-electron chi connectivity index (χ4n) is 1.75. The third-order valence-corrected chi connectivity index (χ3v) is 3.87. The molecule has 0 fully saturated rings. The molecule has 0 spiro atoms. The number of hydrogen-bond acceptors (Lipinski definition) is 3. The lowest BCUT2D eigenvalue weighted by Crippen LogP contribution is -2.02. The minimum Gasteiger partial charge on any atom is -0.478 e. The van der Waals surface area contributed by atoms with Crippen LogP contribution in [0, 0.1) is 5.82 Å². The Bertz CT molecular complexity index is 676. The number of aromatic carboxylic acids is 1. The number of hydrogen-bond donors (Lipinski definition) is 1. The quantitative estimate of drug-likeness (QED) is 0.778. The van der Waals surface area contributed by atoms with Gasteiger partial charge in [0.05, 0.1) is 5.02 Å². The Hall–Kier alpha value is -1.72. The van der Waals surface area contributed by atoms with E-state index in [1.165, 1.54) is 30.0 Å². The second-order valence-corrected chi connectivity index (χ2v) is 5.76. The van der Waals surface area contributed by atoms with Crippen molar-refractivity contribution in [2.75, 3.05) is 5.75 Å². The predicted molar refractivity (Wildman–Crippen MR) is 81.3 cm³/mol. The molecule has 0 aliphatic heterocycles. The van der Waals surface area contributed by atoms with Gasteiger partial charge in [-0.3, -0.25) is 0 Å². The highest BCUT2D eigenvalue weighted by Crippen LogP contribution is 2.33. The van der Waals surface area contributed by atoms with Gasteiger partial charge in [-0.05, 0) is 30.0 Å². The number of halogens is 2. The van der Waals surface area contributed by atoms with Crippen molar-refractivity contribution in [1.82, 2.24) is 0 Å². The molecule has 0 aliphatic carbocycles. The van der Waals surface area contributed by atoms with E-state index in [1.807, 2.05) is 6.92 Å². The van der Waals surface area contributed by atoms with Crippen LogP contribution in [0.2, 0.25) is 5.02 Å². The highest BCUT2D eigenvalue weighted by atomic mass is 35.5. The van der Waals surface area contributed by atoms with Crippen molar-refractivity contribution in [3.8, 4) is 11.5 Å². The SMILES string of the molecule is CCSc1cccc(Oc2ccc(Cl)c(F)c2)c1C(=O)O. The van der Waals surface area contributed by atoms with E-state index in [4.69, 9.17) is 16.3 Å². The molecule has 2 rings (SSSR count). The molecule has 0 bridgehead atoms. The molecule has 0 unspecified atom stereocenters. The van der Waals surface area contributed by atoms with Crippen molar-refractivity contribution in [2.24, 2.45) is 0 Å². The number of rotatable bonds is 5. The largest absolute Gasteiger partial charge is 0.478 e. The zero-order valence-electron chi connectivity index (χ0n) is 11.1. The second-order valence-electron chi connectivity index (χ2n) is 4.05. The van der Waals surface area contributed by atoms with E-state index < -0.39 is 11.8 Å². The summed E-state index contributed by atoms with van der Waals surface area (Å²) in [5.41, 5.74) is 0.0692. The lowest BCUT2D eigenvalue weighted by Gasteiger charge is -2.12. The first-order chi connectivity index (χ1) is 10.0. The van der Waals surface area contributed by atoms with Gasteiger partial charge in [-0.1, -0.05) is 24.6 Å². The highest BCUT2D eigenvalue weighted by molar-refractivity contribution is 7.99. The van der Waals surface area contributed by atoms with Gasteiger partial charge in [0, 0.05) is 11.0 Å². The molecule has 0 radical (unpaired) electrons. The average Bonchev–Trinajstić information content (AvgIpc) is 2.43. The molecule has 3 nitrogen and oxygen atoms in total. The Labute approximate surface area is 130 Å². The van der Waals surface area contributed by atoms with Crippen LogP contribution in [0.5, 0.6) is 11.5 Å². The summed E-state index contributed by atoms with van der Waals surface area (Å²) in [5.74, 6) is -0.610. The van der Waals surface area contributed by atoms with E-state index in [0.29, 0.717) is 4.90 Å². The number of ether oxygens (including phenoxy) is 1. The van der Waals surface area contributed by atoms with Gasteiger partial charge in [-0.2, -0.15) is 0 Å². The van der Waals surface area contributed by atoms with Crippen LogP contribution in [-0.2, 0) is 0 Å². The molecule has 110 valence electrons. The first kappa shape index (κ1) is 15.7. The van der Waals surface area contributed by atoms with Gasteiger partial charge in [0.25, 0.3) is 0 Å². The molecule has 6 heteroatoms. The summed E-state index contributed by atoms with van der Waals surface area (Å²) in [4.78, 5) is 12.0. The van der Waals surface area contributed by atoms with Gasteiger partial charge in [-0.25, -0.2) is 9.18 Å². The maximum absolute atomic E-state index is 13.4. The molecule has 1 N–H and O–H groups in total. The molecule has 2 aromatic carbocycles. The minimum atomic E-state index is -1.09. The molecule has 0 aliphatic rings. The van der Waals surface area contributed by atoms with Gasteiger partial charge in [-0.15, -0.1) is 11.8 Å². The maximum atomic E-state index is 13.4. The Morgan fingerprint density at radius 3 is 2.76 bits per heavy atom. The second kappa shape index (κ2) is 6.83. The van der Waals surface area contributed by atoms with E-state index in [1.54, 1.807) is 12.1 Å². The summed E-state index contributed by atoms with van der Waals surface area (Å²) in [6.45, 7) is 1.93. The van der Waals surface area contributed by atoms with Gasteiger partial charge < -0.3 is 9.84 Å². The lowest BCUT2D eigenvalue weighted by molar-refractivity contribution is 0.0690. The van der Waals surface area contributed by atoms with E-state index in [2.05, 4.69) is 0 Å². The Balaban J connectivity index is 2.41. The van der Waals surface area contributed by atoms with Crippen LogP contribution in [0.15, 0.2) is 41.3 Å². The molecule has 0 heterocycles. The van der Waals surface area contributed by atoms with Crippen molar-refractivity contribution >= 4 is 29.3 Å². The summed E-state index contributed by atoms with van der Waals surface area (Å²) in [7, 11) is 0. The van der Waals surface area contributed by atoms with Crippen molar-refractivity contribution in [2.45, 2.75) is 11.8 Å². The lowest BCUT2D eigenvalue weighted by atomic mass is 10.2. The molecule has 0 saturated carbocycles. The summed E-state index contributed by atoms with van der Waals surface area (Å²) >= 11 is 7.01. The van der Waals surface area contributed by atoms with Crippen molar-refractivity contribution in [1.29, 1.82) is 0 Å². The van der Waals surface area contributed by atoms with Gasteiger partial charge in [0.2, 0.25) is 0 Å². The summed E-state index contributed by atoms with van der Waals surface area (Å²) in [5, 5.41) is 9.34. The average molecular weight is 327 g/mol. The molecular weight excluding hydrogens is 315 g/mol. The zero-order valence-corrected chi connectivity index (χ0v) is 12.7. The van der Waals surface area contributed by atoms with Crippen LogP contribution in [0.25, 0.3) is 0 Å². The maximum Gasteiger partial charge on any atom is 0.340 e. The zero-order chi connectivity index (χ0) is 15.4. The van der Waals surface area contributed by atoms with Crippen LogP contribution in [0.3, 0.4) is 0 Å². The third-order valence-electron chi connectivity index (χ3n) is 2.62. The van der Waals surface area contributed by atoms with E-state index in [-0.39, 0.29) is 22.1 Å². The number of thioether (sulfide) groups is 1. The van der Waals surface area contributed by atoms with Crippen molar-refractivity contribution in [3.63, 3.8) is 0 Å². The van der Waals surface area contributed by atoms with Gasteiger partial charge in [0.1, 0.15) is 22.9 Å². The number of carboxylic acid groups (broad SMARTS) is 1. The topological polar surface area (TPSA) is 46.5 Å². The predicted octanol–water partition coefficient (Wildman–Crippen LogP) is 5.08. The Kier molecular flexibility index (Phi) is 5.09. The fourth-order valence-corrected chi connectivity index (χ4v) is 2.69. The smallest absolute Gasteiger partial charge is 0.340 e. The minimum absolute atomic E-state index is 0.0175. The van der Waals surface area contributed by atoms with Gasteiger partial charge in [0.15, 0.2) is 0 Å². The van der Waals surface area contributed by atoms with E-state index in [0.717, 1.165) is 11.8 Å². The molecule has 2 aromatic rings. The molecule has 0 amide bonds. The Morgan fingerprint density at radius 1 is 1.38 bits per heavy atom. The van der Waals surface area contributed by atoms with E-state index in [9.17, 15) is 14.3 Å². The molecular formula is C15H12ClFO3S. The van der Waals surface area contributed by atoms with E-state index >= 15 is 0 Å². The van der Waals surface area contributed by atoms with Crippen molar-refractivity contribution in [3.05, 3.63) is 52.8 Å². The monoisotopic (exact) mass is 326 g/mol. The van der Waals surface area contributed by atoms with Gasteiger partial charge >= 0.3 is 5.97 Å². The summed E-state index contributed by atoms with van der Waals surface area (Å²) < 4.78 is 18.9. The normalized spacial score (nSPS) is 10.4. The van der Waals surface area contributed by atoms with Crippen LogP contribution in [0.1, 0.15) is 17.3 Å². The van der Waals surface area contributed by atoms with Crippen molar-refractivity contribution < 1.29 is 19.0 Å². The number of carboxylic acids is 1.